The number of carbonyl (C=O) groups excluding carboxylic acids is 1. The summed E-state index contributed by atoms with van der Waals surface area (Å²) in [6.07, 6.45) is 1.81. The van der Waals surface area contributed by atoms with Crippen molar-refractivity contribution in [2.45, 2.75) is 18.6 Å². The first-order valence-electron chi connectivity index (χ1n) is 10.7. The second kappa shape index (κ2) is 9.17. The van der Waals surface area contributed by atoms with Crippen molar-refractivity contribution in [2.75, 3.05) is 43.5 Å². The third-order valence-electron chi connectivity index (χ3n) is 5.30. The van der Waals surface area contributed by atoms with Gasteiger partial charge in [0.1, 0.15) is 11.4 Å². The number of ether oxygens (including phenoxy) is 1. The molecule has 1 amide bonds. The van der Waals surface area contributed by atoms with Crippen LogP contribution in [0.4, 0.5) is 5.82 Å². The highest BCUT2D eigenvalue weighted by Crippen LogP contribution is 2.27. The van der Waals surface area contributed by atoms with Gasteiger partial charge in [-0.1, -0.05) is 36.9 Å². The number of thioether (sulfide) groups is 1. The molecule has 1 aliphatic rings. The van der Waals surface area contributed by atoms with Crippen molar-refractivity contribution in [3.63, 3.8) is 0 Å². The van der Waals surface area contributed by atoms with Crippen LogP contribution in [-0.4, -0.2) is 64.3 Å². The number of morpholine rings is 1. The van der Waals surface area contributed by atoms with Crippen LogP contribution in [0.2, 0.25) is 0 Å². The number of rotatable bonds is 7. The lowest BCUT2D eigenvalue weighted by atomic mass is 10.2. The molecule has 10 heteroatoms. The molecule has 5 rings (SSSR count). The van der Waals surface area contributed by atoms with E-state index in [1.165, 1.54) is 0 Å². The second-order valence-electron chi connectivity index (χ2n) is 7.37. The van der Waals surface area contributed by atoms with E-state index in [4.69, 9.17) is 19.1 Å². The molecule has 0 aliphatic carbocycles. The average Bonchev–Trinajstić information content (AvgIpc) is 3.44. The number of furan rings is 1. The molecule has 0 unspecified atom stereocenters. The number of aromatic nitrogens is 4. The van der Waals surface area contributed by atoms with Crippen molar-refractivity contribution in [2.24, 2.45) is 0 Å². The van der Waals surface area contributed by atoms with Crippen LogP contribution in [0.15, 0.2) is 46.1 Å². The molecular weight excluding hydrogens is 428 g/mol. The maximum Gasteiger partial charge on any atom is 0.287 e. The van der Waals surface area contributed by atoms with Crippen LogP contribution < -0.4 is 10.2 Å². The van der Waals surface area contributed by atoms with Crippen LogP contribution >= 0.6 is 11.8 Å². The minimum absolute atomic E-state index is 0.247. The highest BCUT2D eigenvalue weighted by Gasteiger charge is 2.20. The normalized spacial score (nSPS) is 14.3. The quantitative estimate of drug-likeness (QED) is 0.338. The van der Waals surface area contributed by atoms with Crippen LogP contribution in [0.25, 0.3) is 22.0 Å². The minimum atomic E-state index is -0.247. The predicted molar refractivity (Wildman–Crippen MR) is 123 cm³/mol. The number of anilines is 1. The molecule has 0 bridgehead atoms. The molecule has 1 aromatic carbocycles. The largest absolute Gasteiger partial charge is 0.451 e. The lowest BCUT2D eigenvalue weighted by Crippen LogP contribution is -2.37. The molecule has 4 aromatic rings. The molecule has 0 atom stereocenters. The Kier molecular flexibility index (Phi) is 5.95. The lowest BCUT2D eigenvalue weighted by Gasteiger charge is -2.28. The van der Waals surface area contributed by atoms with Crippen LogP contribution in [0.5, 0.6) is 0 Å². The van der Waals surface area contributed by atoms with Crippen molar-refractivity contribution in [3.05, 3.63) is 42.3 Å². The van der Waals surface area contributed by atoms with Crippen molar-refractivity contribution < 1.29 is 13.9 Å². The Balaban J connectivity index is 1.33. The van der Waals surface area contributed by atoms with Gasteiger partial charge in [-0.2, -0.15) is 5.10 Å². The Hall–Kier alpha value is -3.11. The van der Waals surface area contributed by atoms with Crippen LogP contribution in [0.1, 0.15) is 17.5 Å². The molecule has 166 valence electrons. The molecule has 9 nitrogen and oxygen atoms in total. The fraction of sp³-hybridized carbons (Fsp3) is 0.364. The molecule has 1 N–H and O–H groups in total. The fourth-order valence-electron chi connectivity index (χ4n) is 3.75. The summed E-state index contributed by atoms with van der Waals surface area (Å²) in [7, 11) is 0. The van der Waals surface area contributed by atoms with Crippen LogP contribution in [-0.2, 0) is 11.3 Å². The predicted octanol–water partition coefficient (Wildman–Crippen LogP) is 2.95. The summed E-state index contributed by atoms with van der Waals surface area (Å²) >= 11 is 1.60. The Bertz CT molecular complexity index is 1210. The maximum absolute atomic E-state index is 12.5. The van der Waals surface area contributed by atoms with Gasteiger partial charge >= 0.3 is 0 Å². The zero-order chi connectivity index (χ0) is 21.9. The summed E-state index contributed by atoms with van der Waals surface area (Å²) in [6, 6.07) is 9.32. The number of nitrogens with one attached hydrogen (secondary N) is 1. The summed E-state index contributed by atoms with van der Waals surface area (Å²) in [5.74, 6) is 1.83. The van der Waals surface area contributed by atoms with Crippen LogP contribution in [0, 0.1) is 0 Å². The van der Waals surface area contributed by atoms with Gasteiger partial charge in [0.2, 0.25) is 0 Å². The lowest BCUT2D eigenvalue weighted by molar-refractivity contribution is 0.0926. The number of carbonyl (C=O) groups is 1. The molecule has 0 radical (unpaired) electrons. The monoisotopic (exact) mass is 452 g/mol. The van der Waals surface area contributed by atoms with E-state index in [2.05, 4.69) is 22.2 Å². The second-order valence-corrected chi connectivity index (χ2v) is 8.60. The molecule has 32 heavy (non-hydrogen) atoms. The summed E-state index contributed by atoms with van der Waals surface area (Å²) in [6.45, 7) is 5.93. The summed E-state index contributed by atoms with van der Waals surface area (Å²) in [5, 5.41) is 9.99. The number of hydrogen-bond donors (Lipinski definition) is 1. The van der Waals surface area contributed by atoms with Crippen molar-refractivity contribution >= 4 is 45.5 Å². The molecule has 0 saturated carbocycles. The Morgan fingerprint density at radius 1 is 1.22 bits per heavy atom. The summed E-state index contributed by atoms with van der Waals surface area (Å²) in [5.41, 5.74) is 1.47. The Labute approximate surface area is 189 Å². The van der Waals surface area contributed by atoms with E-state index in [1.54, 1.807) is 17.8 Å². The molecule has 3 aromatic heterocycles. The Morgan fingerprint density at radius 2 is 2.06 bits per heavy atom. The SMILES string of the molecule is CCSc1nc(N2CCOCC2)c2cnn(CCNC(=O)c3cc4ccccc4o3)c2n1. The standard InChI is InChI=1S/C22H24N6O3S/c1-2-32-22-25-19(27-9-11-30-12-10-27)16-14-24-28(20(16)26-22)8-7-23-21(29)18-13-15-5-3-4-6-17(15)31-18/h3-6,13-14H,2,7-12H2,1H3,(H,23,29). The van der Waals surface area contributed by atoms with Crippen molar-refractivity contribution in [3.8, 4) is 0 Å². The molecule has 4 heterocycles. The Morgan fingerprint density at radius 3 is 2.88 bits per heavy atom. The number of amides is 1. The van der Waals surface area contributed by atoms with E-state index in [0.29, 0.717) is 37.6 Å². The van der Waals surface area contributed by atoms with E-state index in [-0.39, 0.29) is 5.91 Å². The summed E-state index contributed by atoms with van der Waals surface area (Å²) < 4.78 is 12.9. The molecule has 0 spiro atoms. The van der Waals surface area contributed by atoms with E-state index in [9.17, 15) is 4.79 Å². The van der Waals surface area contributed by atoms with Gasteiger partial charge in [-0.05, 0) is 17.9 Å². The van der Waals surface area contributed by atoms with Crippen LogP contribution in [0.3, 0.4) is 0 Å². The number of nitrogens with zero attached hydrogens (tertiary/aromatic N) is 5. The van der Waals surface area contributed by atoms with E-state index in [1.807, 2.05) is 35.1 Å². The zero-order valence-electron chi connectivity index (χ0n) is 17.8. The van der Waals surface area contributed by atoms with Gasteiger partial charge in [-0.25, -0.2) is 14.6 Å². The molecule has 1 aliphatic heterocycles. The third kappa shape index (κ3) is 4.15. The highest BCUT2D eigenvalue weighted by molar-refractivity contribution is 7.99. The van der Waals surface area contributed by atoms with E-state index >= 15 is 0 Å². The van der Waals surface area contributed by atoms with Crippen molar-refractivity contribution in [1.29, 1.82) is 0 Å². The van der Waals surface area contributed by atoms with Gasteiger partial charge in [0.05, 0.1) is 31.3 Å². The zero-order valence-corrected chi connectivity index (χ0v) is 18.6. The molecule has 1 fully saturated rings. The summed E-state index contributed by atoms with van der Waals surface area (Å²) in [4.78, 5) is 24.3. The minimum Gasteiger partial charge on any atom is -0.451 e. The van der Waals surface area contributed by atoms with Crippen molar-refractivity contribution in [1.82, 2.24) is 25.1 Å². The van der Waals surface area contributed by atoms with E-state index in [0.717, 1.165) is 46.2 Å². The van der Waals surface area contributed by atoms with Gasteiger partial charge in [-0.15, -0.1) is 0 Å². The van der Waals surface area contributed by atoms with Gasteiger partial charge in [0.15, 0.2) is 16.6 Å². The highest BCUT2D eigenvalue weighted by atomic mass is 32.2. The number of fused-ring (bicyclic) bond motifs is 2. The topological polar surface area (TPSA) is 98.3 Å². The molecular formula is C22H24N6O3S. The van der Waals surface area contributed by atoms with Gasteiger partial charge in [-0.3, -0.25) is 4.79 Å². The van der Waals surface area contributed by atoms with E-state index < -0.39 is 0 Å². The van der Waals surface area contributed by atoms with Gasteiger partial charge in [0, 0.05) is 25.0 Å². The number of para-hydroxylation sites is 1. The average molecular weight is 453 g/mol. The van der Waals surface area contributed by atoms with Gasteiger partial charge in [0.25, 0.3) is 5.91 Å². The fourth-order valence-corrected chi connectivity index (χ4v) is 4.31. The third-order valence-corrected chi connectivity index (χ3v) is 6.03. The smallest absolute Gasteiger partial charge is 0.287 e. The van der Waals surface area contributed by atoms with Gasteiger partial charge < -0.3 is 19.4 Å². The number of benzene rings is 1. The first kappa shape index (κ1) is 20.8. The first-order valence-corrected chi connectivity index (χ1v) is 11.7. The molecule has 1 saturated heterocycles. The first-order chi connectivity index (χ1) is 15.7. The maximum atomic E-state index is 12.5. The number of hydrogen-bond acceptors (Lipinski definition) is 8.